The van der Waals surface area contributed by atoms with Gasteiger partial charge in [0.15, 0.2) is 6.79 Å². The van der Waals surface area contributed by atoms with Crippen molar-refractivity contribution in [1.29, 1.82) is 0 Å². The first-order valence-corrected chi connectivity index (χ1v) is 17.0. The van der Waals surface area contributed by atoms with E-state index in [1.807, 2.05) is 20.8 Å². The third kappa shape index (κ3) is 9.41. The zero-order chi connectivity index (χ0) is 31.6. The summed E-state index contributed by atoms with van der Waals surface area (Å²) < 4.78 is 39.3. The third-order valence-electron chi connectivity index (χ3n) is 9.99. The standard InChI is InChI=1S/C36H58O8/c1-7-42-32-14-13-31-34-26(10-8-9-17-39-18-19-40-20-21-41-24-33(37)44-35(2,3)4)22-27-23-28(43-25-38-6)11-12-29(27)30(34)15-16-36(31,32)5/h11-12,23,26,30-32,34H,7-10,13-22,24-25H2,1-6H3/t26-,30-,31+,32+,34-,36+/m1/s1. The lowest BCUT2D eigenvalue weighted by Crippen LogP contribution is -2.47. The number of hydrogen-bond donors (Lipinski definition) is 0. The smallest absolute Gasteiger partial charge is 0.332 e. The molecule has 6 atom stereocenters. The number of carbonyl (C=O) groups excluding carboxylic acids is 1. The lowest BCUT2D eigenvalue weighted by Gasteiger charge is -2.53. The molecule has 0 radical (unpaired) electrons. The van der Waals surface area contributed by atoms with E-state index < -0.39 is 5.60 Å². The van der Waals surface area contributed by atoms with Crippen LogP contribution >= 0.6 is 0 Å². The van der Waals surface area contributed by atoms with Gasteiger partial charge in [0.2, 0.25) is 0 Å². The van der Waals surface area contributed by atoms with Gasteiger partial charge in [0.25, 0.3) is 0 Å². The summed E-state index contributed by atoms with van der Waals surface area (Å²) in [6, 6.07) is 6.75. The van der Waals surface area contributed by atoms with Crippen LogP contribution in [0.3, 0.4) is 0 Å². The Kier molecular flexibility index (Phi) is 13.4. The van der Waals surface area contributed by atoms with Crippen LogP contribution < -0.4 is 4.74 Å². The molecule has 0 spiro atoms. The molecule has 1 aromatic carbocycles. The number of rotatable bonds is 18. The largest absolute Gasteiger partial charge is 0.468 e. The van der Waals surface area contributed by atoms with E-state index in [0.717, 1.165) is 37.7 Å². The number of esters is 1. The normalized spacial score (nSPS) is 27.8. The monoisotopic (exact) mass is 618 g/mol. The number of unbranched alkanes of at least 4 members (excludes halogenated alkanes) is 1. The molecule has 3 aliphatic rings. The van der Waals surface area contributed by atoms with Crippen molar-refractivity contribution in [2.75, 3.05) is 60.2 Å². The predicted octanol–water partition coefficient (Wildman–Crippen LogP) is 6.72. The highest BCUT2D eigenvalue weighted by Crippen LogP contribution is 2.63. The molecule has 0 unspecified atom stereocenters. The Morgan fingerprint density at radius 1 is 0.977 bits per heavy atom. The molecule has 2 fully saturated rings. The van der Waals surface area contributed by atoms with E-state index in [9.17, 15) is 4.79 Å². The molecule has 1 aromatic rings. The zero-order valence-corrected chi connectivity index (χ0v) is 28.2. The molecule has 0 heterocycles. The minimum Gasteiger partial charge on any atom is -0.468 e. The summed E-state index contributed by atoms with van der Waals surface area (Å²) in [5.41, 5.74) is 2.81. The molecule has 0 bridgehead atoms. The molecule has 0 aromatic heterocycles. The Balaban J connectivity index is 1.22. The quantitative estimate of drug-likeness (QED) is 0.102. The van der Waals surface area contributed by atoms with Crippen LogP contribution in [0.4, 0.5) is 0 Å². The SMILES string of the molecule is CCO[C@H]1CC[C@H]2[C@@H]3[C@H](CCCCOCCOCCOCC(=O)OC(C)(C)C)Cc4cc(OCOC)ccc4[C@H]3CC[C@]12C. The number of fused-ring (bicyclic) bond motifs is 5. The average Bonchev–Trinajstić information content (AvgIpc) is 3.31. The van der Waals surface area contributed by atoms with Gasteiger partial charge in [0, 0.05) is 20.3 Å². The lowest BCUT2D eigenvalue weighted by atomic mass is 9.52. The Hall–Kier alpha value is -1.71. The van der Waals surface area contributed by atoms with E-state index in [2.05, 4.69) is 32.0 Å². The minimum absolute atomic E-state index is 0.0544. The topological polar surface area (TPSA) is 81.7 Å². The van der Waals surface area contributed by atoms with E-state index in [-0.39, 0.29) is 19.4 Å². The van der Waals surface area contributed by atoms with Crippen LogP contribution in [0.1, 0.15) is 96.6 Å². The van der Waals surface area contributed by atoms with Crippen LogP contribution in [0.15, 0.2) is 18.2 Å². The third-order valence-corrected chi connectivity index (χ3v) is 9.99. The van der Waals surface area contributed by atoms with Gasteiger partial charge in [-0.3, -0.25) is 0 Å². The summed E-state index contributed by atoms with van der Waals surface area (Å²) in [6.45, 7) is 13.9. The molecule has 0 N–H and O–H groups in total. The maximum absolute atomic E-state index is 11.7. The number of hydrogen-bond acceptors (Lipinski definition) is 8. The van der Waals surface area contributed by atoms with E-state index in [0.29, 0.717) is 55.7 Å². The first-order chi connectivity index (χ1) is 21.2. The number of carbonyl (C=O) groups is 1. The summed E-state index contributed by atoms with van der Waals surface area (Å²) in [5, 5.41) is 0. The molecule has 0 saturated heterocycles. The van der Waals surface area contributed by atoms with E-state index in [1.54, 1.807) is 12.7 Å². The Bertz CT molecular complexity index is 1020. The highest BCUT2D eigenvalue weighted by Gasteiger charge is 2.57. The molecule has 2 saturated carbocycles. The summed E-state index contributed by atoms with van der Waals surface area (Å²) in [5.74, 6) is 3.28. The van der Waals surface area contributed by atoms with Gasteiger partial charge in [-0.25, -0.2) is 4.79 Å². The molecule has 44 heavy (non-hydrogen) atoms. The number of benzene rings is 1. The fourth-order valence-corrected chi connectivity index (χ4v) is 8.27. The summed E-state index contributed by atoms with van der Waals surface area (Å²) >= 11 is 0. The minimum atomic E-state index is -0.497. The second-order valence-electron chi connectivity index (χ2n) is 14.1. The first-order valence-electron chi connectivity index (χ1n) is 17.0. The zero-order valence-electron chi connectivity index (χ0n) is 28.2. The maximum Gasteiger partial charge on any atom is 0.332 e. The van der Waals surface area contributed by atoms with Crippen molar-refractivity contribution in [3.05, 3.63) is 29.3 Å². The lowest BCUT2D eigenvalue weighted by molar-refractivity contribution is -0.160. The van der Waals surface area contributed by atoms with Crippen molar-refractivity contribution in [2.45, 2.75) is 104 Å². The van der Waals surface area contributed by atoms with Crippen molar-refractivity contribution < 1.29 is 38.0 Å². The van der Waals surface area contributed by atoms with Gasteiger partial charge < -0.3 is 33.2 Å². The Morgan fingerprint density at radius 3 is 2.45 bits per heavy atom. The number of methoxy groups -OCH3 is 1. The maximum atomic E-state index is 11.7. The van der Waals surface area contributed by atoms with E-state index in [4.69, 9.17) is 33.2 Å². The van der Waals surface area contributed by atoms with Crippen LogP contribution in [-0.2, 0) is 39.6 Å². The number of ether oxygens (including phenoxy) is 7. The van der Waals surface area contributed by atoms with Crippen molar-refractivity contribution in [2.24, 2.45) is 23.2 Å². The van der Waals surface area contributed by atoms with Crippen LogP contribution in [-0.4, -0.2) is 77.8 Å². The van der Waals surface area contributed by atoms with Crippen LogP contribution in [0.2, 0.25) is 0 Å². The summed E-state index contributed by atoms with van der Waals surface area (Å²) in [6.07, 6.45) is 9.97. The molecule has 4 rings (SSSR count). The molecular weight excluding hydrogens is 560 g/mol. The molecule has 8 heteroatoms. The Labute approximate surface area is 265 Å². The van der Waals surface area contributed by atoms with Crippen molar-refractivity contribution in [1.82, 2.24) is 0 Å². The van der Waals surface area contributed by atoms with Crippen molar-refractivity contribution in [3.63, 3.8) is 0 Å². The van der Waals surface area contributed by atoms with Gasteiger partial charge in [0.1, 0.15) is 18.0 Å². The molecule has 0 amide bonds. The summed E-state index contributed by atoms with van der Waals surface area (Å²) in [4.78, 5) is 11.7. The highest BCUT2D eigenvalue weighted by atomic mass is 16.7. The molecule has 0 aliphatic heterocycles. The molecule has 8 nitrogen and oxygen atoms in total. The fraction of sp³-hybridized carbons (Fsp3) is 0.806. The fourth-order valence-electron chi connectivity index (χ4n) is 8.27. The highest BCUT2D eigenvalue weighted by molar-refractivity contribution is 5.71. The van der Waals surface area contributed by atoms with Gasteiger partial charge >= 0.3 is 5.97 Å². The second-order valence-corrected chi connectivity index (χ2v) is 14.1. The van der Waals surface area contributed by atoms with Crippen molar-refractivity contribution >= 4 is 5.97 Å². The van der Waals surface area contributed by atoms with Crippen molar-refractivity contribution in [3.8, 4) is 5.75 Å². The predicted molar refractivity (Wildman–Crippen MR) is 170 cm³/mol. The first kappa shape index (κ1) is 35.1. The van der Waals surface area contributed by atoms with Crippen LogP contribution in [0.25, 0.3) is 0 Å². The Morgan fingerprint density at radius 2 is 1.73 bits per heavy atom. The molecular formula is C36H58O8. The summed E-state index contributed by atoms with van der Waals surface area (Å²) in [7, 11) is 1.66. The second kappa shape index (κ2) is 16.7. The van der Waals surface area contributed by atoms with E-state index in [1.165, 1.54) is 44.1 Å². The van der Waals surface area contributed by atoms with Gasteiger partial charge in [-0.2, -0.15) is 0 Å². The van der Waals surface area contributed by atoms with Crippen LogP contribution in [0.5, 0.6) is 5.75 Å². The van der Waals surface area contributed by atoms with Gasteiger partial charge in [-0.1, -0.05) is 19.4 Å². The van der Waals surface area contributed by atoms with Crippen LogP contribution in [0, 0.1) is 23.2 Å². The molecule has 250 valence electrons. The average molecular weight is 619 g/mol. The van der Waals surface area contributed by atoms with Gasteiger partial charge in [-0.15, -0.1) is 0 Å². The van der Waals surface area contributed by atoms with Gasteiger partial charge in [-0.05, 0) is 125 Å². The van der Waals surface area contributed by atoms with E-state index >= 15 is 0 Å². The van der Waals surface area contributed by atoms with Gasteiger partial charge in [0.05, 0.1) is 32.5 Å². The molecule has 3 aliphatic carbocycles.